The third-order valence-corrected chi connectivity index (χ3v) is 16.8. The van der Waals surface area contributed by atoms with Crippen LogP contribution in [0.25, 0.3) is 178 Å². The Kier molecular flexibility index (Phi) is 12.0. The van der Waals surface area contributed by atoms with Gasteiger partial charge in [-0.15, -0.1) is 0 Å². The molecule has 0 unspecified atom stereocenters. The molecular formula is C80H48N6O2. The molecule has 0 amide bonds. The first kappa shape index (κ1) is 50.5. The van der Waals surface area contributed by atoms with Crippen LogP contribution < -0.4 is 0 Å². The van der Waals surface area contributed by atoms with Gasteiger partial charge >= 0.3 is 0 Å². The highest BCUT2D eigenvalue weighted by molar-refractivity contribution is 6.17. The molecule has 410 valence electrons. The van der Waals surface area contributed by atoms with Crippen molar-refractivity contribution < 1.29 is 8.83 Å². The number of hydrogen-bond donors (Lipinski definition) is 0. The number of rotatable bonds is 10. The van der Waals surface area contributed by atoms with Gasteiger partial charge in [0.15, 0.2) is 34.9 Å². The second-order valence-electron chi connectivity index (χ2n) is 22.2. The maximum Gasteiger partial charge on any atom is 0.164 e. The fourth-order valence-corrected chi connectivity index (χ4v) is 12.4. The Hall–Kier alpha value is -12.0. The van der Waals surface area contributed by atoms with Crippen LogP contribution in [0.4, 0.5) is 0 Å². The Morgan fingerprint density at radius 2 is 0.545 bits per heavy atom. The highest BCUT2D eigenvalue weighted by Gasteiger charge is 2.21. The number of fused-ring (bicyclic) bond motifs is 10. The van der Waals surface area contributed by atoms with E-state index in [1.165, 1.54) is 0 Å². The standard InChI is InChI=1S/C80H48N6O2/c1-5-17-49(18-6-1)53-25-15-27-59(43-53)76-82-77(60-28-16-26-54(44-60)50-19-7-2-8-20-50)84-78(83-76)61-35-39-65-57(45-61)34-42-69-67-40-32-58(48-72(67)88-74(65)69)63-37-31-55(51-21-9-3-10-22-51)47-70(63)80-85-75(52-23-11-4-12-24-52)81-79(86-80)62-36-38-64-56(46-62)33-41-68-66-29-13-14-30-71(66)87-73(64)68/h1-48H. The summed E-state index contributed by atoms with van der Waals surface area (Å²) < 4.78 is 13.5. The Bertz CT molecular complexity index is 5470. The van der Waals surface area contributed by atoms with E-state index in [-0.39, 0.29) is 0 Å². The first-order valence-electron chi connectivity index (χ1n) is 29.4. The average Bonchev–Trinajstić information content (AvgIpc) is 1.87. The maximum atomic E-state index is 7.00. The van der Waals surface area contributed by atoms with Gasteiger partial charge in [0, 0.05) is 65.7 Å². The van der Waals surface area contributed by atoms with Gasteiger partial charge in [0.1, 0.15) is 22.3 Å². The fraction of sp³-hybridized carbons (Fsp3) is 0. The van der Waals surface area contributed by atoms with Crippen LogP contribution in [0.2, 0.25) is 0 Å². The molecule has 0 radical (unpaired) electrons. The van der Waals surface area contributed by atoms with Gasteiger partial charge in [0.2, 0.25) is 0 Å². The summed E-state index contributed by atoms with van der Waals surface area (Å²) in [7, 11) is 0. The normalized spacial score (nSPS) is 11.6. The van der Waals surface area contributed by atoms with Crippen molar-refractivity contribution in [3.63, 3.8) is 0 Å². The summed E-state index contributed by atoms with van der Waals surface area (Å²) in [6.07, 6.45) is 0. The van der Waals surface area contributed by atoms with Gasteiger partial charge in [-0.2, -0.15) is 0 Å². The fourth-order valence-electron chi connectivity index (χ4n) is 12.4. The van der Waals surface area contributed by atoms with Crippen LogP contribution in [-0.4, -0.2) is 29.9 Å². The Morgan fingerprint density at radius 3 is 1.08 bits per heavy atom. The Labute approximate surface area is 505 Å². The van der Waals surface area contributed by atoms with Crippen LogP contribution in [0.15, 0.2) is 300 Å². The van der Waals surface area contributed by atoms with Gasteiger partial charge in [0.05, 0.1) is 0 Å². The van der Waals surface area contributed by atoms with E-state index in [9.17, 15) is 0 Å². The predicted molar refractivity (Wildman–Crippen MR) is 357 cm³/mol. The molecule has 8 heteroatoms. The summed E-state index contributed by atoms with van der Waals surface area (Å²) in [5.41, 5.74) is 17.0. The minimum absolute atomic E-state index is 0.551. The summed E-state index contributed by atoms with van der Waals surface area (Å²) in [6, 6.07) is 101. The molecule has 4 heterocycles. The number of hydrogen-bond acceptors (Lipinski definition) is 8. The molecule has 88 heavy (non-hydrogen) atoms. The van der Waals surface area contributed by atoms with Crippen molar-refractivity contribution >= 4 is 65.4 Å². The van der Waals surface area contributed by atoms with Crippen molar-refractivity contribution in [1.29, 1.82) is 0 Å². The zero-order valence-electron chi connectivity index (χ0n) is 47.2. The third-order valence-electron chi connectivity index (χ3n) is 16.8. The van der Waals surface area contributed by atoms with E-state index in [0.29, 0.717) is 34.9 Å². The van der Waals surface area contributed by atoms with Crippen LogP contribution in [0.3, 0.4) is 0 Å². The lowest BCUT2D eigenvalue weighted by molar-refractivity contribution is 0.672. The third kappa shape index (κ3) is 9.03. The molecule has 0 fully saturated rings. The van der Waals surface area contributed by atoms with Crippen molar-refractivity contribution in [2.24, 2.45) is 0 Å². The average molecular weight is 1130 g/mol. The maximum absolute atomic E-state index is 7.00. The molecule has 17 aromatic rings. The molecule has 0 aliphatic rings. The Morgan fingerprint density at radius 1 is 0.182 bits per heavy atom. The van der Waals surface area contributed by atoms with Gasteiger partial charge in [-0.25, -0.2) is 29.9 Å². The van der Waals surface area contributed by atoms with E-state index >= 15 is 0 Å². The molecule has 0 N–H and O–H groups in total. The van der Waals surface area contributed by atoms with E-state index in [4.69, 9.17) is 38.7 Å². The molecule has 8 nitrogen and oxygen atoms in total. The molecule has 17 rings (SSSR count). The molecule has 0 spiro atoms. The first-order chi connectivity index (χ1) is 43.5. The van der Waals surface area contributed by atoms with Gasteiger partial charge in [0.25, 0.3) is 0 Å². The van der Waals surface area contributed by atoms with Crippen LogP contribution >= 0.6 is 0 Å². The Balaban J connectivity index is 0.777. The molecule has 4 aromatic heterocycles. The molecule has 0 saturated heterocycles. The van der Waals surface area contributed by atoms with Crippen molar-refractivity contribution in [2.45, 2.75) is 0 Å². The zero-order valence-corrected chi connectivity index (χ0v) is 47.2. The highest BCUT2D eigenvalue weighted by Crippen LogP contribution is 2.42. The molecule has 0 atom stereocenters. The smallest absolute Gasteiger partial charge is 0.164 e. The van der Waals surface area contributed by atoms with E-state index in [1.807, 2.05) is 66.7 Å². The monoisotopic (exact) mass is 1120 g/mol. The summed E-state index contributed by atoms with van der Waals surface area (Å²) >= 11 is 0. The van der Waals surface area contributed by atoms with Gasteiger partial charge < -0.3 is 8.83 Å². The number of para-hydroxylation sites is 1. The largest absolute Gasteiger partial charge is 0.455 e. The second kappa shape index (κ2) is 21.0. The molecule has 0 aliphatic carbocycles. The van der Waals surface area contributed by atoms with Crippen molar-refractivity contribution in [3.05, 3.63) is 291 Å². The first-order valence-corrected chi connectivity index (χ1v) is 29.4. The molecular weight excluding hydrogens is 1080 g/mol. The lowest BCUT2D eigenvalue weighted by Gasteiger charge is -2.14. The molecule has 0 saturated carbocycles. The highest BCUT2D eigenvalue weighted by atomic mass is 16.3. The quantitative estimate of drug-likeness (QED) is 0.133. The number of aromatic nitrogens is 6. The topological polar surface area (TPSA) is 104 Å². The van der Waals surface area contributed by atoms with E-state index in [0.717, 1.165) is 143 Å². The second-order valence-corrected chi connectivity index (χ2v) is 22.2. The van der Waals surface area contributed by atoms with Crippen LogP contribution in [0, 0.1) is 0 Å². The summed E-state index contributed by atoms with van der Waals surface area (Å²) in [4.78, 5) is 31.5. The zero-order chi connectivity index (χ0) is 58.1. The molecule has 0 bridgehead atoms. The SMILES string of the molecule is c1ccc(-c2cccc(-c3nc(-c4cccc(-c5ccccc5)c4)nc(-c4ccc5c(ccc6c7ccc(-c8ccc(-c9ccccc9)cc8-c8nc(-c9ccccc9)nc(-c9ccc%10c(ccc%11c%12ccccc%12oc%10%11)c9)n8)cc7oc56)c4)n3)c2)cc1. The predicted octanol–water partition coefficient (Wildman–Crippen LogP) is 20.8. The van der Waals surface area contributed by atoms with Gasteiger partial charge in [-0.1, -0.05) is 218 Å². The lowest BCUT2D eigenvalue weighted by Crippen LogP contribution is -2.01. The number of furan rings is 2. The van der Waals surface area contributed by atoms with Crippen LogP contribution in [0.5, 0.6) is 0 Å². The van der Waals surface area contributed by atoms with E-state index in [1.54, 1.807) is 0 Å². The van der Waals surface area contributed by atoms with E-state index < -0.39 is 0 Å². The van der Waals surface area contributed by atoms with Gasteiger partial charge in [-0.05, 0) is 128 Å². The molecule has 0 aliphatic heterocycles. The summed E-state index contributed by atoms with van der Waals surface area (Å²) in [5.74, 6) is 3.44. The minimum Gasteiger partial charge on any atom is -0.455 e. The van der Waals surface area contributed by atoms with Gasteiger partial charge in [-0.3, -0.25) is 0 Å². The summed E-state index contributed by atoms with van der Waals surface area (Å²) in [6.45, 7) is 0. The van der Waals surface area contributed by atoms with Crippen LogP contribution in [-0.2, 0) is 0 Å². The van der Waals surface area contributed by atoms with Crippen molar-refractivity contribution in [2.75, 3.05) is 0 Å². The van der Waals surface area contributed by atoms with Crippen LogP contribution in [0.1, 0.15) is 0 Å². The van der Waals surface area contributed by atoms with E-state index in [2.05, 4.69) is 224 Å². The molecule has 13 aromatic carbocycles. The number of nitrogens with zero attached hydrogens (tertiary/aromatic N) is 6. The number of benzene rings is 13. The lowest BCUT2D eigenvalue weighted by atomic mass is 9.93. The van der Waals surface area contributed by atoms with Crippen molar-refractivity contribution in [3.8, 4) is 113 Å². The summed E-state index contributed by atoms with van der Waals surface area (Å²) in [5, 5.41) is 8.25. The minimum atomic E-state index is 0.551. The van der Waals surface area contributed by atoms with Crippen molar-refractivity contribution in [1.82, 2.24) is 29.9 Å².